The molecule has 0 saturated carbocycles. The van der Waals surface area contributed by atoms with Crippen molar-refractivity contribution in [1.82, 2.24) is 0 Å². The van der Waals surface area contributed by atoms with E-state index in [4.69, 9.17) is 0 Å². The maximum Gasteiger partial charge on any atom is 0.0540 e. The van der Waals surface area contributed by atoms with E-state index in [1.807, 2.05) is 0 Å². The minimum absolute atomic E-state index is 0.102. The van der Waals surface area contributed by atoms with Crippen LogP contribution in [0.1, 0.15) is 49.9 Å². The fourth-order valence-corrected chi connectivity index (χ4v) is 10.1. The van der Waals surface area contributed by atoms with E-state index in [-0.39, 0.29) is 10.8 Å². The van der Waals surface area contributed by atoms with E-state index in [9.17, 15) is 0 Å². The lowest BCUT2D eigenvalue weighted by Gasteiger charge is -2.30. The van der Waals surface area contributed by atoms with Gasteiger partial charge in [0, 0.05) is 44.7 Å². The second-order valence-electron chi connectivity index (χ2n) is 17.4. The summed E-state index contributed by atoms with van der Waals surface area (Å²) in [6, 6.07) is 75.9. The molecule has 0 saturated heterocycles. The van der Waals surface area contributed by atoms with E-state index in [1.54, 1.807) is 0 Å². The lowest BCUT2D eigenvalue weighted by atomic mass is 9.82. The Hall–Kier alpha value is -7.16. The molecule has 11 rings (SSSR count). The van der Waals surface area contributed by atoms with Crippen LogP contribution in [-0.2, 0) is 10.8 Å². The summed E-state index contributed by atoms with van der Waals surface area (Å²) in [5.41, 5.74) is 19.9. The molecule has 0 N–H and O–H groups in total. The van der Waals surface area contributed by atoms with Crippen LogP contribution in [0.2, 0.25) is 0 Å². The highest BCUT2D eigenvalue weighted by Gasteiger charge is 2.37. The highest BCUT2D eigenvalue weighted by atomic mass is 15.1. The molecule has 9 aromatic rings. The van der Waals surface area contributed by atoms with E-state index in [2.05, 4.69) is 244 Å². The zero-order valence-corrected chi connectivity index (χ0v) is 34.5. The van der Waals surface area contributed by atoms with Crippen molar-refractivity contribution in [2.24, 2.45) is 0 Å². The summed E-state index contributed by atoms with van der Waals surface area (Å²) >= 11 is 0. The average Bonchev–Trinajstić information content (AvgIpc) is 3.66. The molecule has 0 unspecified atom stereocenters. The molecule has 0 fully saturated rings. The van der Waals surface area contributed by atoms with E-state index in [0.29, 0.717) is 0 Å². The van der Waals surface area contributed by atoms with Crippen molar-refractivity contribution in [2.45, 2.75) is 38.5 Å². The SMILES string of the molecule is CC1(C)c2ccccc2-c2ccc(N(c3ccc(-c4ccc(N(c5ccccc5)c5cccc6ccccc56)cc4)cc3)c3ccc4c(c3)C(C)(C)c3ccccc3-4)cc21. The Morgan fingerprint density at radius 2 is 0.717 bits per heavy atom. The van der Waals surface area contributed by atoms with Gasteiger partial charge in [0.1, 0.15) is 0 Å². The summed E-state index contributed by atoms with van der Waals surface area (Å²) in [5.74, 6) is 0. The lowest BCUT2D eigenvalue weighted by Crippen LogP contribution is -2.18. The van der Waals surface area contributed by atoms with Crippen molar-refractivity contribution in [3.8, 4) is 33.4 Å². The Labute approximate surface area is 353 Å². The van der Waals surface area contributed by atoms with E-state index >= 15 is 0 Å². The van der Waals surface area contributed by atoms with Crippen molar-refractivity contribution in [3.05, 3.63) is 229 Å². The van der Waals surface area contributed by atoms with Gasteiger partial charge in [0.2, 0.25) is 0 Å². The summed E-state index contributed by atoms with van der Waals surface area (Å²) in [4.78, 5) is 4.81. The van der Waals surface area contributed by atoms with Gasteiger partial charge in [-0.15, -0.1) is 0 Å². The molecule has 60 heavy (non-hydrogen) atoms. The number of nitrogens with zero attached hydrogens (tertiary/aromatic N) is 2. The van der Waals surface area contributed by atoms with Gasteiger partial charge in [-0.25, -0.2) is 0 Å². The van der Waals surface area contributed by atoms with E-state index < -0.39 is 0 Å². The second kappa shape index (κ2) is 13.7. The van der Waals surface area contributed by atoms with Crippen molar-refractivity contribution < 1.29 is 0 Å². The predicted octanol–water partition coefficient (Wildman–Crippen LogP) is 16.1. The molecule has 9 aromatic carbocycles. The zero-order chi connectivity index (χ0) is 40.6. The summed E-state index contributed by atoms with van der Waals surface area (Å²) < 4.78 is 0. The van der Waals surface area contributed by atoms with Crippen LogP contribution in [0.25, 0.3) is 44.2 Å². The Balaban J connectivity index is 0.987. The van der Waals surface area contributed by atoms with Gasteiger partial charge in [0.15, 0.2) is 0 Å². The first kappa shape index (κ1) is 36.0. The van der Waals surface area contributed by atoms with Gasteiger partial charge in [0.05, 0.1) is 5.69 Å². The molecule has 0 aliphatic heterocycles. The smallest absolute Gasteiger partial charge is 0.0540 e. The molecule has 288 valence electrons. The molecule has 2 aliphatic rings. The maximum absolute atomic E-state index is 2.45. The van der Waals surface area contributed by atoms with Gasteiger partial charge in [0.25, 0.3) is 0 Å². The Morgan fingerprint density at radius 3 is 1.28 bits per heavy atom. The van der Waals surface area contributed by atoms with Crippen LogP contribution in [-0.4, -0.2) is 0 Å². The summed E-state index contributed by atoms with van der Waals surface area (Å²) in [6.07, 6.45) is 0. The topological polar surface area (TPSA) is 6.48 Å². The number of benzene rings is 9. The fraction of sp³-hybridized carbons (Fsp3) is 0.103. The normalized spacial score (nSPS) is 13.9. The quantitative estimate of drug-likeness (QED) is 0.159. The van der Waals surface area contributed by atoms with Crippen LogP contribution in [0.4, 0.5) is 34.1 Å². The first-order chi connectivity index (χ1) is 29.3. The number of fused-ring (bicyclic) bond motifs is 7. The Morgan fingerprint density at radius 1 is 0.300 bits per heavy atom. The van der Waals surface area contributed by atoms with Crippen molar-refractivity contribution in [2.75, 3.05) is 9.80 Å². The van der Waals surface area contributed by atoms with Gasteiger partial charge in [-0.3, -0.25) is 0 Å². The van der Waals surface area contributed by atoms with Gasteiger partial charge in [-0.1, -0.05) is 167 Å². The molecule has 0 aromatic heterocycles. The van der Waals surface area contributed by atoms with Crippen LogP contribution < -0.4 is 9.80 Å². The average molecular weight is 771 g/mol. The van der Waals surface area contributed by atoms with Crippen LogP contribution in [0.5, 0.6) is 0 Å². The number of anilines is 6. The first-order valence-corrected chi connectivity index (χ1v) is 21.1. The third-order valence-corrected chi connectivity index (χ3v) is 13.3. The zero-order valence-electron chi connectivity index (χ0n) is 34.5. The summed E-state index contributed by atoms with van der Waals surface area (Å²) in [7, 11) is 0. The highest BCUT2D eigenvalue weighted by molar-refractivity contribution is 5.99. The third kappa shape index (κ3) is 5.62. The molecule has 0 heterocycles. The summed E-state index contributed by atoms with van der Waals surface area (Å²) in [6.45, 7) is 9.45. The molecule has 0 bridgehead atoms. The number of rotatable bonds is 7. The number of para-hydroxylation sites is 1. The standard InChI is InChI=1S/C58H46N2/c1-57(2)52-22-12-10-20-48(52)50-35-33-45(37-54(50)57)59(46-34-36-51-49-21-11-13-23-53(49)58(3,4)55(51)38-46)43-29-25-39(26-30-43)40-27-31-44(32-28-40)60(42-17-6-5-7-18-42)56-24-14-16-41-15-8-9-19-47(41)56/h5-38H,1-4H3. The van der Waals surface area contributed by atoms with Crippen molar-refractivity contribution >= 4 is 44.9 Å². The Kier molecular flexibility index (Phi) is 8.22. The molecule has 0 radical (unpaired) electrons. The molecular weight excluding hydrogens is 725 g/mol. The predicted molar refractivity (Wildman–Crippen MR) is 254 cm³/mol. The third-order valence-electron chi connectivity index (χ3n) is 13.3. The van der Waals surface area contributed by atoms with Crippen LogP contribution in [0.15, 0.2) is 206 Å². The second-order valence-corrected chi connectivity index (χ2v) is 17.4. The van der Waals surface area contributed by atoms with Gasteiger partial charge in [-0.05, 0) is 128 Å². The van der Waals surface area contributed by atoms with E-state index in [0.717, 1.165) is 34.1 Å². The van der Waals surface area contributed by atoms with Gasteiger partial charge >= 0.3 is 0 Å². The number of hydrogen-bond acceptors (Lipinski definition) is 2. The molecule has 0 atom stereocenters. The molecule has 0 spiro atoms. The molecule has 2 aliphatic carbocycles. The Bertz CT molecular complexity index is 2970. The van der Waals surface area contributed by atoms with Gasteiger partial charge < -0.3 is 9.80 Å². The molecule has 2 heteroatoms. The number of hydrogen-bond donors (Lipinski definition) is 0. The van der Waals surface area contributed by atoms with Crippen LogP contribution in [0.3, 0.4) is 0 Å². The minimum atomic E-state index is -0.102. The lowest BCUT2D eigenvalue weighted by molar-refractivity contribution is 0.660. The van der Waals surface area contributed by atoms with E-state index in [1.165, 1.54) is 66.4 Å². The van der Waals surface area contributed by atoms with Crippen LogP contribution in [0, 0.1) is 0 Å². The monoisotopic (exact) mass is 770 g/mol. The highest BCUT2D eigenvalue weighted by Crippen LogP contribution is 2.53. The largest absolute Gasteiger partial charge is 0.310 e. The fourth-order valence-electron chi connectivity index (χ4n) is 10.1. The first-order valence-electron chi connectivity index (χ1n) is 21.1. The molecular formula is C58H46N2. The van der Waals surface area contributed by atoms with Crippen molar-refractivity contribution in [3.63, 3.8) is 0 Å². The van der Waals surface area contributed by atoms with Gasteiger partial charge in [-0.2, -0.15) is 0 Å². The van der Waals surface area contributed by atoms with Crippen LogP contribution >= 0.6 is 0 Å². The summed E-state index contributed by atoms with van der Waals surface area (Å²) in [5, 5.41) is 2.45. The van der Waals surface area contributed by atoms with Crippen molar-refractivity contribution in [1.29, 1.82) is 0 Å². The molecule has 2 nitrogen and oxygen atoms in total. The molecule has 0 amide bonds. The minimum Gasteiger partial charge on any atom is -0.310 e. The maximum atomic E-state index is 2.45.